The molecule has 5 heteroatoms. The number of primary amides is 1. The van der Waals surface area contributed by atoms with Gasteiger partial charge < -0.3 is 15.8 Å². The maximum absolute atomic E-state index is 11.3. The first-order chi connectivity index (χ1) is 7.95. The lowest BCUT2D eigenvalue weighted by atomic mass is 10.0. The van der Waals surface area contributed by atoms with E-state index in [0.29, 0.717) is 5.75 Å². The predicted molar refractivity (Wildman–Crippen MR) is 67.0 cm³/mol. The molecule has 0 aromatic carbocycles. The number of aryl methyl sites for hydroxylation is 1. The molecule has 0 radical (unpaired) electrons. The van der Waals surface area contributed by atoms with Crippen LogP contribution in [-0.4, -0.2) is 24.0 Å². The van der Waals surface area contributed by atoms with E-state index in [0.717, 1.165) is 11.4 Å². The van der Waals surface area contributed by atoms with Crippen LogP contribution in [0.2, 0.25) is 0 Å². The Morgan fingerprint density at radius 1 is 1.53 bits per heavy atom. The molecule has 1 amide bonds. The first kappa shape index (κ1) is 13.3. The van der Waals surface area contributed by atoms with Crippen molar-refractivity contribution < 1.29 is 9.53 Å². The smallest absolute Gasteiger partial charge is 0.240 e. The summed E-state index contributed by atoms with van der Waals surface area (Å²) in [5.41, 5.74) is 6.94. The first-order valence-electron chi connectivity index (χ1n) is 5.52. The number of nitrogens with one attached hydrogen (secondary N) is 1. The zero-order valence-corrected chi connectivity index (χ0v) is 10.7. The second kappa shape index (κ2) is 5.52. The van der Waals surface area contributed by atoms with Crippen molar-refractivity contribution in [1.29, 1.82) is 0 Å². The molecular weight excluding hydrogens is 218 g/mol. The molecule has 94 valence electrons. The molecule has 0 fully saturated rings. The van der Waals surface area contributed by atoms with Crippen molar-refractivity contribution in [3.63, 3.8) is 0 Å². The lowest BCUT2D eigenvalue weighted by Crippen LogP contribution is -2.39. The largest absolute Gasteiger partial charge is 0.493 e. The number of carbonyl (C=O) groups is 1. The summed E-state index contributed by atoms with van der Waals surface area (Å²) >= 11 is 0. The minimum Gasteiger partial charge on any atom is -0.493 e. The van der Waals surface area contributed by atoms with Crippen LogP contribution in [0.1, 0.15) is 19.5 Å². The van der Waals surface area contributed by atoms with Crippen molar-refractivity contribution in [2.75, 3.05) is 12.4 Å². The van der Waals surface area contributed by atoms with Crippen LogP contribution in [0.5, 0.6) is 5.75 Å². The summed E-state index contributed by atoms with van der Waals surface area (Å²) in [6, 6.07) is 1.41. The van der Waals surface area contributed by atoms with Gasteiger partial charge in [0.2, 0.25) is 5.91 Å². The second-order valence-corrected chi connectivity index (χ2v) is 4.29. The molecule has 3 N–H and O–H groups in total. The van der Waals surface area contributed by atoms with Crippen molar-refractivity contribution in [3.8, 4) is 5.75 Å². The van der Waals surface area contributed by atoms with Gasteiger partial charge in [0.25, 0.3) is 0 Å². The molecule has 0 saturated heterocycles. The molecular formula is C12H19N3O2. The van der Waals surface area contributed by atoms with Gasteiger partial charge in [-0.15, -0.1) is 0 Å². The molecule has 0 bridgehead atoms. The van der Waals surface area contributed by atoms with Crippen LogP contribution in [0, 0.1) is 12.8 Å². The Morgan fingerprint density at radius 3 is 2.65 bits per heavy atom. The van der Waals surface area contributed by atoms with Gasteiger partial charge in [-0.2, -0.15) is 0 Å². The van der Waals surface area contributed by atoms with Gasteiger partial charge in [0.1, 0.15) is 6.04 Å². The summed E-state index contributed by atoms with van der Waals surface area (Å²) in [4.78, 5) is 15.5. The van der Waals surface area contributed by atoms with Crippen LogP contribution in [0.4, 0.5) is 5.69 Å². The molecule has 1 aromatic rings. The first-order valence-corrected chi connectivity index (χ1v) is 5.52. The number of rotatable bonds is 5. The highest BCUT2D eigenvalue weighted by Gasteiger charge is 2.20. The van der Waals surface area contributed by atoms with Crippen molar-refractivity contribution in [1.82, 2.24) is 4.98 Å². The van der Waals surface area contributed by atoms with Gasteiger partial charge in [-0.3, -0.25) is 9.78 Å². The number of nitrogens with two attached hydrogens (primary N) is 1. The molecule has 17 heavy (non-hydrogen) atoms. The monoisotopic (exact) mass is 237 g/mol. The van der Waals surface area contributed by atoms with Gasteiger partial charge in [0.15, 0.2) is 5.75 Å². The lowest BCUT2D eigenvalue weighted by molar-refractivity contribution is -0.119. The summed E-state index contributed by atoms with van der Waals surface area (Å²) in [5, 5.41) is 3.10. The number of aromatic nitrogens is 1. The molecule has 1 unspecified atom stereocenters. The fourth-order valence-electron chi connectivity index (χ4n) is 1.56. The fraction of sp³-hybridized carbons (Fsp3) is 0.500. The quantitative estimate of drug-likeness (QED) is 0.809. The van der Waals surface area contributed by atoms with Crippen LogP contribution < -0.4 is 15.8 Å². The zero-order chi connectivity index (χ0) is 13.0. The number of ether oxygens (including phenoxy) is 1. The standard InChI is InChI=1S/C12H19N3O2/c1-7(2)11(12(13)16)15-9-5-8(3)14-6-10(9)17-4/h5-7,11H,1-4H3,(H2,13,16)(H,14,15). The summed E-state index contributed by atoms with van der Waals surface area (Å²) in [5.74, 6) is 0.324. The maximum atomic E-state index is 11.3. The van der Waals surface area contributed by atoms with Crippen LogP contribution >= 0.6 is 0 Å². The van der Waals surface area contributed by atoms with Gasteiger partial charge in [-0.1, -0.05) is 13.8 Å². The average molecular weight is 237 g/mol. The van der Waals surface area contributed by atoms with Gasteiger partial charge in [0.05, 0.1) is 19.0 Å². The Bertz CT molecular complexity index is 405. The van der Waals surface area contributed by atoms with Gasteiger partial charge in [-0.05, 0) is 18.9 Å². The van der Waals surface area contributed by atoms with E-state index < -0.39 is 6.04 Å². The van der Waals surface area contributed by atoms with Crippen molar-refractivity contribution >= 4 is 11.6 Å². The van der Waals surface area contributed by atoms with Crippen molar-refractivity contribution in [2.45, 2.75) is 26.8 Å². The number of amides is 1. The Hall–Kier alpha value is -1.78. The van der Waals surface area contributed by atoms with Crippen molar-refractivity contribution in [3.05, 3.63) is 18.0 Å². The molecule has 5 nitrogen and oxygen atoms in total. The Morgan fingerprint density at radius 2 is 2.18 bits per heavy atom. The zero-order valence-electron chi connectivity index (χ0n) is 10.7. The number of methoxy groups -OCH3 is 1. The Balaban J connectivity index is 2.99. The van der Waals surface area contributed by atoms with Crippen LogP contribution in [0.25, 0.3) is 0 Å². The Labute approximate surface area is 101 Å². The molecule has 0 aliphatic rings. The van der Waals surface area contributed by atoms with Gasteiger partial charge in [0, 0.05) is 5.69 Å². The summed E-state index contributed by atoms with van der Waals surface area (Å²) < 4.78 is 5.18. The third-order valence-electron chi connectivity index (χ3n) is 2.51. The van der Waals surface area contributed by atoms with Gasteiger partial charge >= 0.3 is 0 Å². The van der Waals surface area contributed by atoms with E-state index in [-0.39, 0.29) is 11.8 Å². The van der Waals surface area contributed by atoms with Crippen LogP contribution in [0.3, 0.4) is 0 Å². The normalized spacial score (nSPS) is 12.3. The molecule has 0 saturated carbocycles. The highest BCUT2D eigenvalue weighted by molar-refractivity contribution is 5.83. The third-order valence-corrected chi connectivity index (χ3v) is 2.51. The maximum Gasteiger partial charge on any atom is 0.240 e. The second-order valence-electron chi connectivity index (χ2n) is 4.29. The molecule has 1 heterocycles. The number of anilines is 1. The van der Waals surface area contributed by atoms with E-state index in [4.69, 9.17) is 10.5 Å². The van der Waals surface area contributed by atoms with Crippen LogP contribution in [0.15, 0.2) is 12.3 Å². The van der Waals surface area contributed by atoms with E-state index in [2.05, 4.69) is 10.3 Å². The van der Waals surface area contributed by atoms with Gasteiger partial charge in [-0.25, -0.2) is 0 Å². The molecule has 0 aliphatic heterocycles. The van der Waals surface area contributed by atoms with Crippen molar-refractivity contribution in [2.24, 2.45) is 11.7 Å². The fourth-order valence-corrected chi connectivity index (χ4v) is 1.56. The number of pyridine rings is 1. The lowest BCUT2D eigenvalue weighted by Gasteiger charge is -2.21. The number of carbonyl (C=O) groups excluding carboxylic acids is 1. The minimum absolute atomic E-state index is 0.102. The van der Waals surface area contributed by atoms with E-state index in [1.165, 1.54) is 0 Å². The molecule has 0 spiro atoms. The molecule has 1 aromatic heterocycles. The SMILES string of the molecule is COc1cnc(C)cc1NC(C(N)=O)C(C)C. The third kappa shape index (κ3) is 3.34. The molecule has 0 aliphatic carbocycles. The molecule has 1 rings (SSSR count). The number of hydrogen-bond acceptors (Lipinski definition) is 4. The Kier molecular flexibility index (Phi) is 4.31. The highest BCUT2D eigenvalue weighted by Crippen LogP contribution is 2.25. The number of hydrogen-bond donors (Lipinski definition) is 2. The molecule has 1 atom stereocenters. The number of nitrogens with zero attached hydrogens (tertiary/aromatic N) is 1. The van der Waals surface area contributed by atoms with E-state index in [9.17, 15) is 4.79 Å². The average Bonchev–Trinajstić information content (AvgIpc) is 2.25. The topological polar surface area (TPSA) is 77.2 Å². The summed E-state index contributed by atoms with van der Waals surface area (Å²) in [7, 11) is 1.56. The van der Waals surface area contributed by atoms with E-state index >= 15 is 0 Å². The highest BCUT2D eigenvalue weighted by atomic mass is 16.5. The minimum atomic E-state index is -0.425. The summed E-state index contributed by atoms with van der Waals surface area (Å²) in [6.45, 7) is 5.74. The van der Waals surface area contributed by atoms with E-state index in [1.807, 2.05) is 26.8 Å². The summed E-state index contributed by atoms with van der Waals surface area (Å²) in [6.07, 6.45) is 1.62. The predicted octanol–water partition coefficient (Wildman–Crippen LogP) is 1.32. The van der Waals surface area contributed by atoms with E-state index in [1.54, 1.807) is 13.3 Å². The van der Waals surface area contributed by atoms with Crippen LogP contribution in [-0.2, 0) is 4.79 Å².